The number of hydrogen-bond acceptors (Lipinski definition) is 3. The lowest BCUT2D eigenvalue weighted by Crippen LogP contribution is -2.19. The summed E-state index contributed by atoms with van der Waals surface area (Å²) in [5.74, 6) is -0.903. The summed E-state index contributed by atoms with van der Waals surface area (Å²) in [5, 5.41) is 12.3. The summed E-state index contributed by atoms with van der Waals surface area (Å²) in [7, 11) is 0. The minimum atomic E-state index is -0.903. The molecule has 1 aromatic heterocycles. The van der Waals surface area contributed by atoms with Crippen molar-refractivity contribution in [1.82, 2.24) is 0 Å². The van der Waals surface area contributed by atoms with Crippen molar-refractivity contribution in [2.24, 2.45) is 0 Å². The predicted octanol–water partition coefficient (Wildman–Crippen LogP) is 4.51. The van der Waals surface area contributed by atoms with Crippen molar-refractivity contribution in [1.29, 1.82) is 0 Å². The van der Waals surface area contributed by atoms with Crippen LogP contribution in [0.4, 0.5) is 5.69 Å². The van der Waals surface area contributed by atoms with Crippen LogP contribution in [0, 0.1) is 0 Å². The molecular formula is C12H9Br2NO2S. The van der Waals surface area contributed by atoms with Crippen molar-refractivity contribution < 1.29 is 9.90 Å². The molecule has 0 aliphatic rings. The fraction of sp³-hybridized carbons (Fsp3) is 0.0833. The number of rotatable bonds is 4. The molecule has 0 radical (unpaired) electrons. The molecule has 2 N–H and O–H groups in total. The number of halogens is 2. The Kier molecular flexibility index (Phi) is 4.42. The molecule has 0 aliphatic carbocycles. The highest BCUT2D eigenvalue weighted by Crippen LogP contribution is 2.36. The fourth-order valence-corrected chi connectivity index (χ4v) is 3.60. The number of carboxylic acid groups (broad SMARTS) is 1. The Balaban J connectivity index is 2.27. The van der Waals surface area contributed by atoms with Gasteiger partial charge in [0.05, 0.1) is 3.79 Å². The highest BCUT2D eigenvalue weighted by Gasteiger charge is 2.22. The van der Waals surface area contributed by atoms with Gasteiger partial charge in [-0.1, -0.05) is 18.2 Å². The highest BCUT2D eigenvalue weighted by atomic mass is 79.9. The Labute approximate surface area is 125 Å². The second kappa shape index (κ2) is 5.86. The molecule has 0 amide bonds. The van der Waals surface area contributed by atoms with Crippen LogP contribution in [0.3, 0.4) is 0 Å². The minimum absolute atomic E-state index is 0.741. The number of nitrogens with one attached hydrogen (secondary N) is 1. The molecule has 0 aliphatic heterocycles. The van der Waals surface area contributed by atoms with Crippen LogP contribution < -0.4 is 5.32 Å². The molecule has 94 valence electrons. The van der Waals surface area contributed by atoms with E-state index in [-0.39, 0.29) is 0 Å². The van der Waals surface area contributed by atoms with Gasteiger partial charge >= 0.3 is 5.97 Å². The molecule has 2 aromatic rings. The number of thiophene rings is 1. The van der Waals surface area contributed by atoms with Gasteiger partial charge in [-0.3, -0.25) is 0 Å². The molecule has 0 saturated carbocycles. The maximum absolute atomic E-state index is 11.3. The maximum atomic E-state index is 11.3. The summed E-state index contributed by atoms with van der Waals surface area (Å²) in [6.45, 7) is 0. The Morgan fingerprint density at radius 3 is 2.44 bits per heavy atom. The lowest BCUT2D eigenvalue weighted by atomic mass is 10.2. The third kappa shape index (κ3) is 3.13. The van der Waals surface area contributed by atoms with Crippen molar-refractivity contribution in [3.8, 4) is 0 Å². The van der Waals surface area contributed by atoms with Crippen LogP contribution in [-0.4, -0.2) is 11.1 Å². The van der Waals surface area contributed by atoms with E-state index >= 15 is 0 Å². The second-order valence-electron chi connectivity index (χ2n) is 3.55. The number of carboxylic acids is 1. The standard InChI is InChI=1S/C12H9Br2NO2S/c13-8-6-9(18-11(8)14)10(12(16)17)15-7-4-2-1-3-5-7/h1-6,10,15H,(H,16,17). The molecule has 0 spiro atoms. The van der Waals surface area contributed by atoms with Gasteiger partial charge in [0.25, 0.3) is 0 Å². The quantitative estimate of drug-likeness (QED) is 0.807. The Morgan fingerprint density at radius 1 is 1.28 bits per heavy atom. The first-order chi connectivity index (χ1) is 8.58. The SMILES string of the molecule is O=C(O)C(Nc1ccccc1)c1cc(Br)c(Br)s1. The Bertz CT molecular complexity index is 537. The van der Waals surface area contributed by atoms with Crippen LogP contribution in [0.2, 0.25) is 0 Å². The van der Waals surface area contributed by atoms with Gasteiger partial charge in [-0.15, -0.1) is 11.3 Å². The van der Waals surface area contributed by atoms with Gasteiger partial charge in [-0.05, 0) is 50.1 Å². The van der Waals surface area contributed by atoms with E-state index in [1.807, 2.05) is 36.4 Å². The van der Waals surface area contributed by atoms with Crippen LogP contribution in [-0.2, 0) is 4.79 Å². The third-order valence-corrected chi connectivity index (χ3v) is 5.60. The van der Waals surface area contributed by atoms with Gasteiger partial charge in [-0.25, -0.2) is 4.79 Å². The van der Waals surface area contributed by atoms with Crippen LogP contribution >= 0.6 is 43.2 Å². The van der Waals surface area contributed by atoms with Crippen molar-refractivity contribution in [3.05, 3.63) is 49.5 Å². The highest BCUT2D eigenvalue weighted by molar-refractivity contribution is 9.13. The Hall–Kier alpha value is -0.850. The van der Waals surface area contributed by atoms with Crippen molar-refractivity contribution in [2.45, 2.75) is 6.04 Å². The van der Waals surface area contributed by atoms with Crippen LogP contribution in [0.25, 0.3) is 0 Å². The zero-order valence-electron chi connectivity index (χ0n) is 9.06. The number of anilines is 1. The first kappa shape index (κ1) is 13.6. The molecule has 6 heteroatoms. The third-order valence-electron chi connectivity index (χ3n) is 2.28. The summed E-state index contributed by atoms with van der Waals surface area (Å²) in [4.78, 5) is 12.1. The zero-order valence-corrected chi connectivity index (χ0v) is 13.0. The van der Waals surface area contributed by atoms with Crippen molar-refractivity contribution in [2.75, 3.05) is 5.32 Å². The minimum Gasteiger partial charge on any atom is -0.479 e. The molecule has 0 fully saturated rings. The molecule has 3 nitrogen and oxygen atoms in total. The molecule has 0 saturated heterocycles. The number of aliphatic carboxylic acids is 1. The summed E-state index contributed by atoms with van der Waals surface area (Å²) in [6, 6.07) is 10.4. The number of hydrogen-bond donors (Lipinski definition) is 2. The van der Waals surface area contributed by atoms with Crippen LogP contribution in [0.1, 0.15) is 10.9 Å². The number of carbonyl (C=O) groups is 1. The fourth-order valence-electron chi connectivity index (χ4n) is 1.46. The molecule has 18 heavy (non-hydrogen) atoms. The summed E-state index contributed by atoms with van der Waals surface area (Å²) in [5.41, 5.74) is 0.783. The van der Waals surface area contributed by atoms with E-state index in [0.29, 0.717) is 0 Å². The molecular weight excluding hydrogens is 382 g/mol. The van der Waals surface area contributed by atoms with E-state index < -0.39 is 12.0 Å². The number of para-hydroxylation sites is 1. The van der Waals surface area contributed by atoms with Gasteiger partial charge < -0.3 is 10.4 Å². The van der Waals surface area contributed by atoms with E-state index in [2.05, 4.69) is 37.2 Å². The summed E-state index contributed by atoms with van der Waals surface area (Å²) >= 11 is 8.13. The smallest absolute Gasteiger partial charge is 0.331 e. The largest absolute Gasteiger partial charge is 0.479 e. The average molecular weight is 391 g/mol. The van der Waals surface area contributed by atoms with Gasteiger partial charge in [-0.2, -0.15) is 0 Å². The van der Waals surface area contributed by atoms with Gasteiger partial charge in [0, 0.05) is 15.0 Å². The van der Waals surface area contributed by atoms with Crippen molar-refractivity contribution >= 4 is 54.9 Å². The maximum Gasteiger partial charge on any atom is 0.331 e. The molecule has 1 atom stereocenters. The van der Waals surface area contributed by atoms with E-state index in [0.717, 1.165) is 18.8 Å². The molecule has 1 aromatic carbocycles. The zero-order chi connectivity index (χ0) is 13.1. The van der Waals surface area contributed by atoms with Crippen molar-refractivity contribution in [3.63, 3.8) is 0 Å². The first-order valence-corrected chi connectivity index (χ1v) is 7.47. The normalized spacial score (nSPS) is 12.1. The molecule has 1 heterocycles. The topological polar surface area (TPSA) is 49.3 Å². The molecule has 1 unspecified atom stereocenters. The van der Waals surface area contributed by atoms with Crippen LogP contribution in [0.15, 0.2) is 44.7 Å². The van der Waals surface area contributed by atoms with Gasteiger partial charge in [0.1, 0.15) is 0 Å². The van der Waals surface area contributed by atoms with E-state index in [9.17, 15) is 9.90 Å². The molecule has 2 rings (SSSR count). The first-order valence-electron chi connectivity index (χ1n) is 5.07. The molecule has 0 bridgehead atoms. The lowest BCUT2D eigenvalue weighted by molar-refractivity contribution is -0.138. The average Bonchev–Trinajstić information content (AvgIpc) is 2.67. The second-order valence-corrected chi connectivity index (χ2v) is 6.81. The predicted molar refractivity (Wildman–Crippen MR) is 80.2 cm³/mol. The van der Waals surface area contributed by atoms with E-state index in [1.54, 1.807) is 0 Å². The summed E-state index contributed by atoms with van der Waals surface area (Å²) < 4.78 is 1.75. The monoisotopic (exact) mass is 389 g/mol. The van der Waals surface area contributed by atoms with E-state index in [1.165, 1.54) is 11.3 Å². The number of benzene rings is 1. The van der Waals surface area contributed by atoms with Gasteiger partial charge in [0.15, 0.2) is 6.04 Å². The van der Waals surface area contributed by atoms with Gasteiger partial charge in [0.2, 0.25) is 0 Å². The lowest BCUT2D eigenvalue weighted by Gasteiger charge is -2.13. The Morgan fingerprint density at radius 2 is 1.94 bits per heavy atom. The van der Waals surface area contributed by atoms with Crippen LogP contribution in [0.5, 0.6) is 0 Å². The summed E-state index contributed by atoms with van der Waals surface area (Å²) in [6.07, 6.45) is 0. The van der Waals surface area contributed by atoms with E-state index in [4.69, 9.17) is 0 Å².